The number of hydrogen-bond acceptors (Lipinski definition) is 3. The molecule has 0 amide bonds. The minimum Gasteiger partial charge on any atom is -0.392 e. The van der Waals surface area contributed by atoms with Crippen molar-refractivity contribution < 1.29 is 5.11 Å². The molecule has 1 fully saturated rings. The van der Waals surface area contributed by atoms with E-state index in [0.717, 1.165) is 42.5 Å². The summed E-state index contributed by atoms with van der Waals surface area (Å²) in [6.07, 6.45) is 0. The Balaban J connectivity index is 2.05. The third-order valence-corrected chi connectivity index (χ3v) is 3.88. The van der Waals surface area contributed by atoms with E-state index >= 15 is 0 Å². The molecule has 0 saturated carbocycles. The van der Waals surface area contributed by atoms with Gasteiger partial charge in [0, 0.05) is 32.2 Å². The molecule has 1 saturated heterocycles. The lowest BCUT2D eigenvalue weighted by Crippen LogP contribution is -2.49. The zero-order chi connectivity index (χ0) is 13.1. The van der Waals surface area contributed by atoms with Gasteiger partial charge in [-0.3, -0.25) is 4.90 Å². The highest BCUT2D eigenvalue weighted by Gasteiger charge is 2.20. The Morgan fingerprint density at radius 1 is 1.22 bits per heavy atom. The first kappa shape index (κ1) is 13.7. The van der Waals surface area contributed by atoms with Crippen molar-refractivity contribution in [1.29, 1.82) is 0 Å². The van der Waals surface area contributed by atoms with Crippen LogP contribution in [0, 0.1) is 0 Å². The Bertz CT molecular complexity index is 401. The molecule has 18 heavy (non-hydrogen) atoms. The van der Waals surface area contributed by atoms with Crippen LogP contribution in [-0.4, -0.2) is 42.2 Å². The van der Waals surface area contributed by atoms with Gasteiger partial charge >= 0.3 is 0 Å². The topological polar surface area (TPSA) is 26.7 Å². The average molecular weight is 269 g/mol. The molecule has 0 aromatic heterocycles. The molecule has 1 aliphatic rings. The van der Waals surface area contributed by atoms with Gasteiger partial charge in [-0.1, -0.05) is 17.7 Å². The fourth-order valence-electron chi connectivity index (χ4n) is 2.38. The Morgan fingerprint density at radius 2 is 1.89 bits per heavy atom. The van der Waals surface area contributed by atoms with E-state index < -0.39 is 0 Å². The van der Waals surface area contributed by atoms with Crippen LogP contribution < -0.4 is 4.90 Å². The lowest BCUT2D eigenvalue weighted by atomic mass is 10.1. The fourth-order valence-corrected chi connectivity index (χ4v) is 2.71. The molecule has 0 radical (unpaired) electrons. The molecule has 1 aromatic carbocycles. The number of anilines is 1. The summed E-state index contributed by atoms with van der Waals surface area (Å²) in [6.45, 7) is 8.69. The van der Waals surface area contributed by atoms with E-state index in [-0.39, 0.29) is 6.61 Å². The molecule has 1 aromatic rings. The number of rotatable bonds is 3. The average Bonchev–Trinajstić information content (AvgIpc) is 2.38. The lowest BCUT2D eigenvalue weighted by molar-refractivity contribution is 0.209. The lowest BCUT2D eigenvalue weighted by Gasteiger charge is -2.38. The van der Waals surface area contributed by atoms with E-state index in [1.165, 1.54) is 0 Å². The maximum atomic E-state index is 9.08. The number of aliphatic hydroxyl groups is 1. The summed E-state index contributed by atoms with van der Waals surface area (Å²) in [7, 11) is 0. The molecule has 0 atom stereocenters. The van der Waals surface area contributed by atoms with Gasteiger partial charge in [-0.15, -0.1) is 0 Å². The minimum absolute atomic E-state index is 0.0428. The minimum atomic E-state index is 0.0428. The Morgan fingerprint density at radius 3 is 2.39 bits per heavy atom. The van der Waals surface area contributed by atoms with Crippen molar-refractivity contribution in [1.82, 2.24) is 4.90 Å². The van der Waals surface area contributed by atoms with Crippen LogP contribution in [0.1, 0.15) is 19.4 Å². The molecule has 100 valence electrons. The van der Waals surface area contributed by atoms with Crippen molar-refractivity contribution in [3.8, 4) is 0 Å². The summed E-state index contributed by atoms with van der Waals surface area (Å²) in [6, 6.07) is 6.42. The fraction of sp³-hybridized carbons (Fsp3) is 0.571. The molecule has 1 heterocycles. The van der Waals surface area contributed by atoms with Crippen LogP contribution in [0.15, 0.2) is 18.2 Å². The Kier molecular flexibility index (Phi) is 4.49. The Labute approximate surface area is 114 Å². The summed E-state index contributed by atoms with van der Waals surface area (Å²) < 4.78 is 0. The van der Waals surface area contributed by atoms with Crippen LogP contribution in [0.3, 0.4) is 0 Å². The molecule has 1 aliphatic heterocycles. The first-order chi connectivity index (χ1) is 8.61. The number of nitrogens with zero attached hydrogens (tertiary/aromatic N) is 2. The second kappa shape index (κ2) is 5.91. The van der Waals surface area contributed by atoms with E-state index in [1.807, 2.05) is 18.2 Å². The van der Waals surface area contributed by atoms with Crippen LogP contribution >= 0.6 is 11.6 Å². The molecule has 3 nitrogen and oxygen atoms in total. The van der Waals surface area contributed by atoms with Crippen LogP contribution in [0.2, 0.25) is 5.02 Å². The van der Waals surface area contributed by atoms with Gasteiger partial charge in [0.25, 0.3) is 0 Å². The maximum absolute atomic E-state index is 9.08. The van der Waals surface area contributed by atoms with Gasteiger partial charge < -0.3 is 10.0 Å². The van der Waals surface area contributed by atoms with Crippen molar-refractivity contribution in [3.05, 3.63) is 28.8 Å². The molecule has 1 N–H and O–H groups in total. The summed E-state index contributed by atoms with van der Waals surface area (Å²) in [4.78, 5) is 4.80. The number of aliphatic hydroxyl groups excluding tert-OH is 1. The Hall–Kier alpha value is -0.770. The molecule has 4 heteroatoms. The third-order valence-electron chi connectivity index (χ3n) is 3.58. The molecular formula is C14H21ClN2O. The summed E-state index contributed by atoms with van der Waals surface area (Å²) in [5.74, 6) is 0. The monoisotopic (exact) mass is 268 g/mol. The zero-order valence-corrected chi connectivity index (χ0v) is 11.8. The van der Waals surface area contributed by atoms with Crippen molar-refractivity contribution in [2.45, 2.75) is 26.5 Å². The van der Waals surface area contributed by atoms with Gasteiger partial charge in [-0.2, -0.15) is 0 Å². The molecule has 0 aliphatic carbocycles. The first-order valence-electron chi connectivity index (χ1n) is 6.50. The molecule has 2 rings (SSSR count). The highest BCUT2D eigenvalue weighted by molar-refractivity contribution is 6.33. The van der Waals surface area contributed by atoms with Crippen molar-refractivity contribution in [2.75, 3.05) is 31.1 Å². The van der Waals surface area contributed by atoms with Crippen LogP contribution in [0.4, 0.5) is 5.69 Å². The number of benzene rings is 1. The van der Waals surface area contributed by atoms with E-state index in [4.69, 9.17) is 16.7 Å². The van der Waals surface area contributed by atoms with Gasteiger partial charge in [0.2, 0.25) is 0 Å². The second-order valence-corrected chi connectivity index (χ2v) is 5.47. The summed E-state index contributed by atoms with van der Waals surface area (Å²) in [5.41, 5.74) is 1.95. The van der Waals surface area contributed by atoms with Crippen molar-refractivity contribution in [2.24, 2.45) is 0 Å². The SMILES string of the molecule is CC(C)N1CCN(c2ccc(CO)cc2Cl)CC1. The van der Waals surface area contributed by atoms with Crippen LogP contribution in [0.5, 0.6) is 0 Å². The van der Waals surface area contributed by atoms with Crippen molar-refractivity contribution >= 4 is 17.3 Å². The highest BCUT2D eigenvalue weighted by Crippen LogP contribution is 2.28. The first-order valence-corrected chi connectivity index (χ1v) is 6.88. The van der Waals surface area contributed by atoms with Gasteiger partial charge in [0.15, 0.2) is 0 Å². The summed E-state index contributed by atoms with van der Waals surface area (Å²) >= 11 is 6.27. The third kappa shape index (κ3) is 2.97. The molecule has 0 unspecified atom stereocenters. The predicted molar refractivity (Wildman–Crippen MR) is 76.3 cm³/mol. The number of halogens is 1. The predicted octanol–water partition coefficient (Wildman–Crippen LogP) is 2.36. The normalized spacial score (nSPS) is 17.5. The van der Waals surface area contributed by atoms with Crippen LogP contribution in [-0.2, 0) is 6.61 Å². The van der Waals surface area contributed by atoms with E-state index in [9.17, 15) is 0 Å². The van der Waals surface area contributed by atoms with Gasteiger partial charge in [0.05, 0.1) is 17.3 Å². The van der Waals surface area contributed by atoms with Gasteiger partial charge in [0.1, 0.15) is 0 Å². The van der Waals surface area contributed by atoms with E-state index in [0.29, 0.717) is 6.04 Å². The summed E-state index contributed by atoms with van der Waals surface area (Å²) in [5, 5.41) is 9.82. The quantitative estimate of drug-likeness (QED) is 0.912. The van der Waals surface area contributed by atoms with Gasteiger partial charge in [-0.25, -0.2) is 0 Å². The highest BCUT2D eigenvalue weighted by atomic mass is 35.5. The standard InChI is InChI=1S/C14H21ClN2O/c1-11(2)16-5-7-17(8-6-16)14-4-3-12(10-18)9-13(14)15/h3-4,9,11,18H,5-8,10H2,1-2H3. The smallest absolute Gasteiger partial charge is 0.0682 e. The number of piperazine rings is 1. The van der Waals surface area contributed by atoms with E-state index in [2.05, 4.69) is 23.6 Å². The maximum Gasteiger partial charge on any atom is 0.0682 e. The zero-order valence-electron chi connectivity index (χ0n) is 11.1. The largest absolute Gasteiger partial charge is 0.392 e. The van der Waals surface area contributed by atoms with E-state index in [1.54, 1.807) is 0 Å². The van der Waals surface area contributed by atoms with Gasteiger partial charge in [-0.05, 0) is 31.5 Å². The molecule has 0 spiro atoms. The van der Waals surface area contributed by atoms with Crippen LogP contribution in [0.25, 0.3) is 0 Å². The molecule has 0 bridgehead atoms. The second-order valence-electron chi connectivity index (χ2n) is 5.06. The molecular weight excluding hydrogens is 248 g/mol. The van der Waals surface area contributed by atoms with Crippen molar-refractivity contribution in [3.63, 3.8) is 0 Å². The number of hydrogen-bond donors (Lipinski definition) is 1.